The molecule has 104 valence electrons. The number of ether oxygens (including phenoxy) is 1. The number of rotatable bonds is 2. The summed E-state index contributed by atoms with van der Waals surface area (Å²) in [5.41, 5.74) is 1.75. The summed E-state index contributed by atoms with van der Waals surface area (Å²) in [5, 5.41) is 0. The minimum atomic E-state index is -0.0852. The van der Waals surface area contributed by atoms with E-state index < -0.39 is 0 Å². The summed E-state index contributed by atoms with van der Waals surface area (Å²) in [6.07, 6.45) is -0.0667. The number of carbonyl (C=O) groups is 1. The molecule has 0 saturated carbocycles. The van der Waals surface area contributed by atoms with Crippen LogP contribution >= 0.6 is 27.5 Å². The van der Waals surface area contributed by atoms with Crippen LogP contribution in [0.5, 0.6) is 0 Å². The molecule has 1 aliphatic rings. The number of hydrogen-bond acceptors (Lipinski definition) is 2. The van der Waals surface area contributed by atoms with Crippen LogP contribution in [-0.4, -0.2) is 42.0 Å². The Morgan fingerprint density at radius 2 is 2.26 bits per heavy atom. The molecule has 1 fully saturated rings. The van der Waals surface area contributed by atoms with E-state index in [2.05, 4.69) is 15.9 Å². The largest absolute Gasteiger partial charge is 0.370 e. The lowest BCUT2D eigenvalue weighted by atomic mass is 10.1. The Morgan fingerprint density at radius 1 is 1.53 bits per heavy atom. The molecule has 0 N–H and O–H groups in total. The Labute approximate surface area is 127 Å². The van der Waals surface area contributed by atoms with Crippen LogP contribution in [0.3, 0.4) is 0 Å². The van der Waals surface area contributed by atoms with Gasteiger partial charge in [0.15, 0.2) is 0 Å². The second kappa shape index (κ2) is 6.25. The SMILES string of the molecule is Cc1cccc(C(=O)N2CC(C)OC(CCl)C2)c1Br. The van der Waals surface area contributed by atoms with Crippen molar-refractivity contribution >= 4 is 33.4 Å². The van der Waals surface area contributed by atoms with Crippen molar-refractivity contribution in [1.82, 2.24) is 4.90 Å². The molecule has 3 nitrogen and oxygen atoms in total. The maximum Gasteiger partial charge on any atom is 0.255 e. The summed E-state index contributed by atoms with van der Waals surface area (Å²) < 4.78 is 6.53. The third-order valence-electron chi connectivity index (χ3n) is 3.21. The van der Waals surface area contributed by atoms with E-state index in [1.807, 2.05) is 36.9 Å². The molecule has 2 rings (SSSR count). The van der Waals surface area contributed by atoms with Crippen LogP contribution in [0.15, 0.2) is 22.7 Å². The fourth-order valence-corrected chi connectivity index (χ4v) is 2.88. The smallest absolute Gasteiger partial charge is 0.255 e. The van der Waals surface area contributed by atoms with Gasteiger partial charge in [-0.15, -0.1) is 11.6 Å². The fraction of sp³-hybridized carbons (Fsp3) is 0.500. The summed E-state index contributed by atoms with van der Waals surface area (Å²) in [6, 6.07) is 5.72. The van der Waals surface area contributed by atoms with Gasteiger partial charge in [0.05, 0.1) is 23.7 Å². The first kappa shape index (κ1) is 14.8. The van der Waals surface area contributed by atoms with E-state index in [9.17, 15) is 4.79 Å². The van der Waals surface area contributed by atoms with Gasteiger partial charge in [0.1, 0.15) is 0 Å². The molecule has 1 aromatic rings. The van der Waals surface area contributed by atoms with Crippen molar-refractivity contribution in [2.24, 2.45) is 0 Å². The van der Waals surface area contributed by atoms with Crippen LogP contribution in [0.25, 0.3) is 0 Å². The van der Waals surface area contributed by atoms with Crippen molar-refractivity contribution in [2.75, 3.05) is 19.0 Å². The monoisotopic (exact) mass is 345 g/mol. The normalized spacial score (nSPS) is 23.5. The third-order valence-corrected chi connectivity index (χ3v) is 4.60. The highest BCUT2D eigenvalue weighted by Gasteiger charge is 2.29. The molecule has 0 spiro atoms. The Hall–Kier alpha value is -0.580. The van der Waals surface area contributed by atoms with E-state index in [0.717, 1.165) is 10.0 Å². The first-order valence-corrected chi connectivity index (χ1v) is 7.61. The van der Waals surface area contributed by atoms with Crippen LogP contribution in [0.4, 0.5) is 0 Å². The highest BCUT2D eigenvalue weighted by Crippen LogP contribution is 2.24. The molecule has 2 unspecified atom stereocenters. The zero-order valence-electron chi connectivity index (χ0n) is 11.0. The average molecular weight is 347 g/mol. The van der Waals surface area contributed by atoms with E-state index in [4.69, 9.17) is 16.3 Å². The Balaban J connectivity index is 2.21. The zero-order chi connectivity index (χ0) is 14.0. The van der Waals surface area contributed by atoms with Crippen LogP contribution in [0.2, 0.25) is 0 Å². The molecular weight excluding hydrogens is 330 g/mol. The van der Waals surface area contributed by atoms with Gasteiger partial charge in [0.25, 0.3) is 5.91 Å². The number of morpholine rings is 1. The lowest BCUT2D eigenvalue weighted by Crippen LogP contribution is -2.49. The van der Waals surface area contributed by atoms with Crippen molar-refractivity contribution in [3.8, 4) is 0 Å². The summed E-state index contributed by atoms with van der Waals surface area (Å²) >= 11 is 9.34. The summed E-state index contributed by atoms with van der Waals surface area (Å²) in [7, 11) is 0. The van der Waals surface area contributed by atoms with Crippen molar-refractivity contribution in [3.63, 3.8) is 0 Å². The van der Waals surface area contributed by atoms with Gasteiger partial charge < -0.3 is 9.64 Å². The molecule has 1 heterocycles. The summed E-state index contributed by atoms with van der Waals surface area (Å²) in [6.45, 7) is 5.09. The number of aryl methyl sites for hydroxylation is 1. The summed E-state index contributed by atoms with van der Waals surface area (Å²) in [4.78, 5) is 14.4. The van der Waals surface area contributed by atoms with Gasteiger partial charge in [0.2, 0.25) is 0 Å². The maximum absolute atomic E-state index is 12.6. The Kier molecular flexibility index (Phi) is 4.87. The van der Waals surface area contributed by atoms with Gasteiger partial charge >= 0.3 is 0 Å². The average Bonchev–Trinajstić information content (AvgIpc) is 2.40. The number of carbonyl (C=O) groups excluding carboxylic acids is 1. The lowest BCUT2D eigenvalue weighted by molar-refractivity contribution is -0.0570. The van der Waals surface area contributed by atoms with E-state index in [1.165, 1.54) is 0 Å². The van der Waals surface area contributed by atoms with Crippen molar-refractivity contribution in [1.29, 1.82) is 0 Å². The zero-order valence-corrected chi connectivity index (χ0v) is 13.4. The maximum atomic E-state index is 12.6. The van der Waals surface area contributed by atoms with Gasteiger partial charge in [-0.1, -0.05) is 12.1 Å². The number of benzene rings is 1. The van der Waals surface area contributed by atoms with E-state index in [1.54, 1.807) is 0 Å². The summed E-state index contributed by atoms with van der Waals surface area (Å²) in [5.74, 6) is 0.434. The molecule has 2 atom stereocenters. The first-order valence-electron chi connectivity index (χ1n) is 6.28. The van der Waals surface area contributed by atoms with Crippen LogP contribution in [0.1, 0.15) is 22.8 Å². The van der Waals surface area contributed by atoms with Crippen molar-refractivity contribution in [2.45, 2.75) is 26.1 Å². The third kappa shape index (κ3) is 3.30. The molecule has 1 aromatic carbocycles. The van der Waals surface area contributed by atoms with Gasteiger partial charge in [-0.2, -0.15) is 0 Å². The van der Waals surface area contributed by atoms with Gasteiger partial charge in [-0.05, 0) is 41.4 Å². The molecule has 1 amide bonds. The molecule has 1 saturated heterocycles. The second-order valence-corrected chi connectivity index (χ2v) is 5.97. The highest BCUT2D eigenvalue weighted by atomic mass is 79.9. The number of halogens is 2. The molecule has 0 aromatic heterocycles. The standard InChI is InChI=1S/C14H17BrClNO2/c1-9-4-3-5-12(13(9)15)14(18)17-7-10(2)19-11(6-16)8-17/h3-5,10-11H,6-8H2,1-2H3. The van der Waals surface area contributed by atoms with Crippen molar-refractivity contribution < 1.29 is 9.53 Å². The number of hydrogen-bond donors (Lipinski definition) is 0. The number of nitrogens with zero attached hydrogens (tertiary/aromatic N) is 1. The van der Waals surface area contributed by atoms with Crippen LogP contribution < -0.4 is 0 Å². The van der Waals surface area contributed by atoms with E-state index in [0.29, 0.717) is 24.5 Å². The topological polar surface area (TPSA) is 29.5 Å². The van der Waals surface area contributed by atoms with Crippen LogP contribution in [0, 0.1) is 6.92 Å². The molecule has 0 bridgehead atoms. The minimum Gasteiger partial charge on any atom is -0.370 e. The van der Waals surface area contributed by atoms with Gasteiger partial charge in [-0.3, -0.25) is 4.79 Å². The quantitative estimate of drug-likeness (QED) is 0.770. The second-order valence-electron chi connectivity index (χ2n) is 4.87. The van der Waals surface area contributed by atoms with E-state index in [-0.39, 0.29) is 18.1 Å². The molecule has 0 aliphatic carbocycles. The predicted molar refractivity (Wildman–Crippen MR) is 79.8 cm³/mol. The Bertz CT molecular complexity index is 481. The molecular formula is C14H17BrClNO2. The van der Waals surface area contributed by atoms with Gasteiger partial charge in [0, 0.05) is 17.6 Å². The van der Waals surface area contributed by atoms with Crippen LogP contribution in [-0.2, 0) is 4.74 Å². The van der Waals surface area contributed by atoms with Crippen molar-refractivity contribution in [3.05, 3.63) is 33.8 Å². The Morgan fingerprint density at radius 3 is 2.95 bits per heavy atom. The lowest BCUT2D eigenvalue weighted by Gasteiger charge is -2.36. The molecule has 0 radical (unpaired) electrons. The minimum absolute atomic E-state index is 0.0186. The first-order chi connectivity index (χ1) is 9.02. The molecule has 1 aliphatic heterocycles. The molecule has 19 heavy (non-hydrogen) atoms. The predicted octanol–water partition coefficient (Wildman–Crippen LogP) is 3.23. The van der Waals surface area contributed by atoms with Gasteiger partial charge in [-0.25, -0.2) is 0 Å². The fourth-order valence-electron chi connectivity index (χ4n) is 2.28. The number of alkyl halides is 1. The molecule has 5 heteroatoms. The highest BCUT2D eigenvalue weighted by molar-refractivity contribution is 9.10. The number of amides is 1. The van der Waals surface area contributed by atoms with E-state index >= 15 is 0 Å².